The number of hydrogen-bond donors (Lipinski definition) is 3. The lowest BCUT2D eigenvalue weighted by Crippen LogP contribution is -2.15. The lowest BCUT2D eigenvalue weighted by molar-refractivity contribution is 0.627. The molecule has 0 atom stereocenters. The number of nitrogens with one attached hydrogen (secondary N) is 3. The van der Waals surface area contributed by atoms with Gasteiger partial charge in [-0.1, -0.05) is 0 Å². The highest BCUT2D eigenvalue weighted by atomic mass is 35.5. The zero-order chi connectivity index (χ0) is 18.5. The van der Waals surface area contributed by atoms with Gasteiger partial charge in [-0.3, -0.25) is 0 Å². The van der Waals surface area contributed by atoms with E-state index in [0.29, 0.717) is 29.2 Å². The molecule has 0 radical (unpaired) electrons. The van der Waals surface area contributed by atoms with Crippen molar-refractivity contribution in [1.29, 1.82) is 0 Å². The van der Waals surface area contributed by atoms with Gasteiger partial charge in [0.25, 0.3) is 0 Å². The van der Waals surface area contributed by atoms with Gasteiger partial charge in [-0.2, -0.15) is 15.0 Å². The van der Waals surface area contributed by atoms with E-state index in [4.69, 9.17) is 0 Å². The van der Waals surface area contributed by atoms with Gasteiger partial charge in [0.15, 0.2) is 0 Å². The van der Waals surface area contributed by atoms with Crippen molar-refractivity contribution in [2.24, 2.45) is 0 Å². The molecule has 27 heavy (non-hydrogen) atoms. The number of rotatable bonds is 6. The van der Waals surface area contributed by atoms with Gasteiger partial charge in [-0.25, -0.2) is 8.78 Å². The van der Waals surface area contributed by atoms with Crippen LogP contribution in [0.4, 0.5) is 38.0 Å². The average molecular weight is 393 g/mol. The van der Waals surface area contributed by atoms with Crippen LogP contribution in [-0.2, 0) is 0 Å². The molecule has 0 aliphatic heterocycles. The van der Waals surface area contributed by atoms with Crippen LogP contribution in [0.15, 0.2) is 48.5 Å². The van der Waals surface area contributed by atoms with E-state index >= 15 is 0 Å². The molecule has 6 nitrogen and oxygen atoms in total. The van der Waals surface area contributed by atoms with Crippen LogP contribution in [0.3, 0.4) is 0 Å². The highest BCUT2D eigenvalue weighted by Gasteiger charge is 2.09. The molecule has 3 rings (SSSR count). The molecule has 0 aliphatic rings. The first-order valence-electron chi connectivity index (χ1n) is 8.06. The summed E-state index contributed by atoms with van der Waals surface area (Å²) in [7, 11) is 0. The fourth-order valence-corrected chi connectivity index (χ4v) is 2.14. The van der Waals surface area contributed by atoms with Gasteiger partial charge in [-0.15, -0.1) is 12.4 Å². The maximum absolute atomic E-state index is 13.1. The minimum Gasteiger partial charge on any atom is -0.352 e. The summed E-state index contributed by atoms with van der Waals surface area (Å²) in [5, 5.41) is 9.14. The van der Waals surface area contributed by atoms with Gasteiger partial charge >= 0.3 is 0 Å². The van der Waals surface area contributed by atoms with Gasteiger partial charge in [0, 0.05) is 17.4 Å². The molecule has 142 valence electrons. The molecule has 2 aromatic carbocycles. The second kappa shape index (κ2) is 9.09. The summed E-state index contributed by atoms with van der Waals surface area (Å²) in [4.78, 5) is 12.9. The highest BCUT2D eigenvalue weighted by molar-refractivity contribution is 5.85. The van der Waals surface area contributed by atoms with Gasteiger partial charge in [0.05, 0.1) is 0 Å². The predicted octanol–water partition coefficient (Wildman–Crippen LogP) is 4.88. The number of anilines is 5. The van der Waals surface area contributed by atoms with Crippen molar-refractivity contribution >= 4 is 41.6 Å². The van der Waals surface area contributed by atoms with Crippen molar-refractivity contribution < 1.29 is 8.78 Å². The fraction of sp³-hybridized carbons (Fsp3) is 0.167. The molecule has 0 bridgehead atoms. The van der Waals surface area contributed by atoms with Gasteiger partial charge in [-0.05, 0) is 62.4 Å². The maximum Gasteiger partial charge on any atom is 0.233 e. The number of nitrogens with zero attached hydrogens (tertiary/aromatic N) is 3. The Bertz CT molecular complexity index is 806. The van der Waals surface area contributed by atoms with E-state index in [1.807, 2.05) is 13.8 Å². The monoisotopic (exact) mass is 392 g/mol. The maximum atomic E-state index is 13.1. The number of aromatic nitrogens is 3. The van der Waals surface area contributed by atoms with Crippen molar-refractivity contribution in [2.75, 3.05) is 16.0 Å². The molecule has 1 aromatic heterocycles. The van der Waals surface area contributed by atoms with Crippen LogP contribution < -0.4 is 16.0 Å². The summed E-state index contributed by atoms with van der Waals surface area (Å²) in [5.74, 6) is 0.307. The number of benzene rings is 2. The first-order chi connectivity index (χ1) is 12.5. The number of halogens is 3. The molecule has 1 heterocycles. The Balaban J connectivity index is 0.00000261. The Hall–Kier alpha value is -3.00. The van der Waals surface area contributed by atoms with Crippen molar-refractivity contribution in [2.45, 2.75) is 19.9 Å². The zero-order valence-electron chi connectivity index (χ0n) is 14.7. The van der Waals surface area contributed by atoms with Crippen molar-refractivity contribution in [3.05, 3.63) is 60.2 Å². The standard InChI is InChI=1S/C18H18F2N6.ClH/c1-11(2)21-16-24-17(22-14-7-3-12(19)4-8-14)26-18(25-16)23-15-9-5-13(20)6-10-15;/h3-11H,1-2H3,(H3,21,22,23,24,25,26);1H. The lowest BCUT2D eigenvalue weighted by atomic mass is 10.3. The van der Waals surface area contributed by atoms with E-state index in [1.165, 1.54) is 24.3 Å². The summed E-state index contributed by atoms with van der Waals surface area (Å²) >= 11 is 0. The molecule has 3 N–H and O–H groups in total. The summed E-state index contributed by atoms with van der Waals surface area (Å²) in [6, 6.07) is 11.8. The van der Waals surface area contributed by atoms with E-state index in [1.54, 1.807) is 24.3 Å². The van der Waals surface area contributed by atoms with Crippen molar-refractivity contribution in [3.63, 3.8) is 0 Å². The van der Waals surface area contributed by atoms with Crippen molar-refractivity contribution in [3.8, 4) is 0 Å². The largest absolute Gasteiger partial charge is 0.352 e. The van der Waals surface area contributed by atoms with Crippen LogP contribution in [0.2, 0.25) is 0 Å². The van der Waals surface area contributed by atoms with Crippen LogP contribution >= 0.6 is 12.4 Å². The summed E-state index contributed by atoms with van der Waals surface area (Å²) in [6.45, 7) is 3.92. The highest BCUT2D eigenvalue weighted by Crippen LogP contribution is 2.19. The molecule has 0 fully saturated rings. The normalized spacial score (nSPS) is 10.3. The Morgan fingerprint density at radius 2 is 1.04 bits per heavy atom. The second-order valence-electron chi connectivity index (χ2n) is 5.87. The van der Waals surface area contributed by atoms with Crippen LogP contribution in [0.5, 0.6) is 0 Å². The van der Waals surface area contributed by atoms with Gasteiger partial charge < -0.3 is 16.0 Å². The topological polar surface area (TPSA) is 74.8 Å². The number of hydrogen-bond acceptors (Lipinski definition) is 6. The Labute approximate surface area is 161 Å². The molecular weight excluding hydrogens is 374 g/mol. The van der Waals surface area contributed by atoms with Crippen molar-refractivity contribution in [1.82, 2.24) is 15.0 Å². The smallest absolute Gasteiger partial charge is 0.233 e. The summed E-state index contributed by atoms with van der Waals surface area (Å²) in [6.07, 6.45) is 0. The first kappa shape index (κ1) is 20.3. The third-order valence-corrected chi connectivity index (χ3v) is 3.25. The zero-order valence-corrected chi connectivity index (χ0v) is 15.5. The molecule has 0 spiro atoms. The molecular formula is C18H19ClF2N6. The molecule has 9 heteroatoms. The quantitative estimate of drug-likeness (QED) is 0.555. The molecule has 0 saturated carbocycles. The average Bonchev–Trinajstić information content (AvgIpc) is 2.58. The first-order valence-corrected chi connectivity index (χ1v) is 8.06. The van der Waals surface area contributed by atoms with Gasteiger partial charge in [0.2, 0.25) is 17.8 Å². The van der Waals surface area contributed by atoms with Crippen LogP contribution in [0, 0.1) is 11.6 Å². The minimum absolute atomic E-state index is 0. The van der Waals surface area contributed by atoms with E-state index < -0.39 is 0 Å². The summed E-state index contributed by atoms with van der Waals surface area (Å²) < 4.78 is 26.1. The van der Waals surface area contributed by atoms with Gasteiger partial charge in [0.1, 0.15) is 11.6 Å². The molecule has 0 amide bonds. The molecule has 0 saturated heterocycles. The van der Waals surface area contributed by atoms with E-state index in [0.717, 1.165) is 0 Å². The third-order valence-electron chi connectivity index (χ3n) is 3.25. The van der Waals surface area contributed by atoms with Crippen LogP contribution in [-0.4, -0.2) is 21.0 Å². The second-order valence-corrected chi connectivity index (χ2v) is 5.87. The Morgan fingerprint density at radius 3 is 1.41 bits per heavy atom. The molecule has 0 aliphatic carbocycles. The minimum atomic E-state index is -0.327. The molecule has 3 aromatic rings. The Kier molecular flexibility index (Phi) is 6.84. The van der Waals surface area contributed by atoms with Crippen LogP contribution in [0.25, 0.3) is 0 Å². The lowest BCUT2D eigenvalue weighted by Gasteiger charge is -2.13. The van der Waals surface area contributed by atoms with Crippen LogP contribution in [0.1, 0.15) is 13.8 Å². The third kappa shape index (κ3) is 6.03. The predicted molar refractivity (Wildman–Crippen MR) is 105 cm³/mol. The SMILES string of the molecule is CC(C)Nc1nc(Nc2ccc(F)cc2)nc(Nc2ccc(F)cc2)n1.Cl. The molecule has 0 unspecified atom stereocenters. The fourth-order valence-electron chi connectivity index (χ4n) is 2.14. The Morgan fingerprint density at radius 1 is 0.667 bits per heavy atom. The van der Waals surface area contributed by atoms with E-state index in [9.17, 15) is 8.78 Å². The van der Waals surface area contributed by atoms with E-state index in [-0.39, 0.29) is 30.1 Å². The summed E-state index contributed by atoms with van der Waals surface area (Å²) in [5.41, 5.74) is 1.28. The van der Waals surface area contributed by atoms with E-state index in [2.05, 4.69) is 30.9 Å².